The van der Waals surface area contributed by atoms with Crippen molar-refractivity contribution in [1.29, 1.82) is 0 Å². The Hall–Kier alpha value is -2.17. The van der Waals surface area contributed by atoms with Crippen molar-refractivity contribution in [3.8, 4) is 11.6 Å². The van der Waals surface area contributed by atoms with Crippen LogP contribution >= 0.6 is 0 Å². The summed E-state index contributed by atoms with van der Waals surface area (Å²) in [5.41, 5.74) is 6.76. The second-order valence-electron chi connectivity index (χ2n) is 3.50. The Morgan fingerprint density at radius 2 is 1.88 bits per heavy atom. The zero-order chi connectivity index (χ0) is 12.4. The molecule has 2 N–H and O–H groups in total. The fourth-order valence-corrected chi connectivity index (χ4v) is 1.27. The molecule has 2 rings (SSSR count). The monoisotopic (exact) mass is 236 g/mol. The molecular formula is C12H10F2N2O. The summed E-state index contributed by atoms with van der Waals surface area (Å²) in [5, 5.41) is 0. The zero-order valence-electron chi connectivity index (χ0n) is 9.08. The molecule has 0 fully saturated rings. The summed E-state index contributed by atoms with van der Waals surface area (Å²) in [6.45, 7) is 1.73. The van der Waals surface area contributed by atoms with Crippen molar-refractivity contribution in [3.05, 3.63) is 47.7 Å². The van der Waals surface area contributed by atoms with Gasteiger partial charge in [0.05, 0.1) is 11.4 Å². The molecule has 0 bridgehead atoms. The Balaban J connectivity index is 2.25. The second kappa shape index (κ2) is 4.37. The normalized spacial score (nSPS) is 10.3. The van der Waals surface area contributed by atoms with Crippen LogP contribution in [-0.4, -0.2) is 4.98 Å². The lowest BCUT2D eigenvalue weighted by atomic mass is 10.3. The molecule has 1 aromatic heterocycles. The number of aryl methyl sites for hydroxylation is 1. The molecule has 0 saturated carbocycles. The first-order valence-electron chi connectivity index (χ1n) is 4.92. The summed E-state index contributed by atoms with van der Waals surface area (Å²) in [4.78, 5) is 4.06. The largest absolute Gasteiger partial charge is 0.439 e. The maximum Gasteiger partial charge on any atom is 0.219 e. The third kappa shape index (κ3) is 2.50. The van der Waals surface area contributed by atoms with E-state index in [-0.39, 0.29) is 11.6 Å². The van der Waals surface area contributed by atoms with E-state index in [0.29, 0.717) is 11.4 Å². The molecule has 5 heteroatoms. The number of nitrogens with zero attached hydrogens (tertiary/aromatic N) is 1. The molecule has 0 saturated heterocycles. The number of halogens is 2. The lowest BCUT2D eigenvalue weighted by Gasteiger charge is -2.06. The smallest absolute Gasteiger partial charge is 0.219 e. The summed E-state index contributed by atoms with van der Waals surface area (Å²) in [5.74, 6) is -1.42. The molecule has 0 aliphatic heterocycles. The molecule has 1 heterocycles. The number of ether oxygens (including phenoxy) is 1. The van der Waals surface area contributed by atoms with Gasteiger partial charge in [-0.1, -0.05) is 0 Å². The van der Waals surface area contributed by atoms with E-state index in [0.717, 1.165) is 12.1 Å². The fourth-order valence-electron chi connectivity index (χ4n) is 1.27. The Kier molecular flexibility index (Phi) is 2.91. The van der Waals surface area contributed by atoms with Gasteiger partial charge in [0.2, 0.25) is 5.88 Å². The number of nitrogens with two attached hydrogens (primary N) is 1. The highest BCUT2D eigenvalue weighted by Crippen LogP contribution is 2.23. The lowest BCUT2D eigenvalue weighted by Crippen LogP contribution is -1.95. The SMILES string of the molecule is Cc1nc(Oc2ccc(F)c(F)c2)ccc1N. The number of rotatable bonds is 2. The minimum absolute atomic E-state index is 0.181. The summed E-state index contributed by atoms with van der Waals surface area (Å²) < 4.78 is 30.9. The topological polar surface area (TPSA) is 48.1 Å². The first-order valence-corrected chi connectivity index (χ1v) is 4.92. The van der Waals surface area contributed by atoms with Gasteiger partial charge in [0.15, 0.2) is 11.6 Å². The van der Waals surface area contributed by atoms with Crippen LogP contribution in [0.3, 0.4) is 0 Å². The first kappa shape index (κ1) is 11.3. The van der Waals surface area contributed by atoms with E-state index < -0.39 is 11.6 Å². The van der Waals surface area contributed by atoms with Crippen LogP contribution in [0.4, 0.5) is 14.5 Å². The zero-order valence-corrected chi connectivity index (χ0v) is 9.08. The minimum atomic E-state index is -0.963. The Morgan fingerprint density at radius 1 is 1.12 bits per heavy atom. The van der Waals surface area contributed by atoms with Crippen LogP contribution < -0.4 is 10.5 Å². The predicted molar refractivity (Wildman–Crippen MR) is 59.8 cm³/mol. The lowest BCUT2D eigenvalue weighted by molar-refractivity contribution is 0.447. The van der Waals surface area contributed by atoms with Crippen molar-refractivity contribution in [2.75, 3.05) is 5.73 Å². The van der Waals surface area contributed by atoms with Crippen molar-refractivity contribution >= 4 is 5.69 Å². The van der Waals surface area contributed by atoms with Crippen LogP contribution in [0.1, 0.15) is 5.69 Å². The van der Waals surface area contributed by atoms with Gasteiger partial charge in [-0.15, -0.1) is 0 Å². The molecule has 0 unspecified atom stereocenters. The van der Waals surface area contributed by atoms with Crippen LogP contribution in [0.15, 0.2) is 30.3 Å². The van der Waals surface area contributed by atoms with Crippen LogP contribution in [-0.2, 0) is 0 Å². The average molecular weight is 236 g/mol. The molecule has 0 spiro atoms. The summed E-state index contributed by atoms with van der Waals surface area (Å²) >= 11 is 0. The van der Waals surface area contributed by atoms with E-state index in [4.69, 9.17) is 10.5 Å². The minimum Gasteiger partial charge on any atom is -0.439 e. The number of aromatic nitrogens is 1. The van der Waals surface area contributed by atoms with Crippen molar-refractivity contribution in [2.24, 2.45) is 0 Å². The molecule has 0 radical (unpaired) electrons. The van der Waals surface area contributed by atoms with Gasteiger partial charge < -0.3 is 10.5 Å². The highest BCUT2D eigenvalue weighted by atomic mass is 19.2. The highest BCUT2D eigenvalue weighted by Gasteiger charge is 2.05. The van der Waals surface area contributed by atoms with Gasteiger partial charge in [0.25, 0.3) is 0 Å². The van der Waals surface area contributed by atoms with E-state index in [1.807, 2.05) is 0 Å². The number of anilines is 1. The van der Waals surface area contributed by atoms with Crippen molar-refractivity contribution in [2.45, 2.75) is 6.92 Å². The first-order chi connectivity index (χ1) is 8.06. The van der Waals surface area contributed by atoms with E-state index in [9.17, 15) is 8.78 Å². The van der Waals surface area contributed by atoms with Gasteiger partial charge in [-0.25, -0.2) is 13.8 Å². The maximum atomic E-state index is 12.9. The van der Waals surface area contributed by atoms with E-state index >= 15 is 0 Å². The van der Waals surface area contributed by atoms with Gasteiger partial charge in [-0.05, 0) is 25.1 Å². The van der Waals surface area contributed by atoms with Gasteiger partial charge >= 0.3 is 0 Å². The molecule has 0 aliphatic rings. The van der Waals surface area contributed by atoms with E-state index in [1.54, 1.807) is 19.1 Å². The Bertz CT molecular complexity index is 509. The van der Waals surface area contributed by atoms with Gasteiger partial charge in [-0.2, -0.15) is 0 Å². The number of nitrogen functional groups attached to an aromatic ring is 1. The Morgan fingerprint density at radius 3 is 2.53 bits per heavy atom. The predicted octanol–water partition coefficient (Wildman–Crippen LogP) is 3.04. The third-order valence-electron chi connectivity index (χ3n) is 2.21. The number of hydrogen-bond donors (Lipinski definition) is 1. The summed E-state index contributed by atoms with van der Waals surface area (Å²) in [6, 6.07) is 6.48. The quantitative estimate of drug-likeness (QED) is 0.871. The molecule has 17 heavy (non-hydrogen) atoms. The van der Waals surface area contributed by atoms with Crippen LogP contribution in [0.2, 0.25) is 0 Å². The summed E-state index contributed by atoms with van der Waals surface area (Å²) in [6.07, 6.45) is 0. The highest BCUT2D eigenvalue weighted by molar-refractivity contribution is 5.44. The maximum absolute atomic E-state index is 12.9. The molecule has 88 valence electrons. The number of benzene rings is 1. The molecular weight excluding hydrogens is 226 g/mol. The van der Waals surface area contributed by atoms with Gasteiger partial charge in [-0.3, -0.25) is 0 Å². The number of pyridine rings is 1. The summed E-state index contributed by atoms with van der Waals surface area (Å²) in [7, 11) is 0. The molecule has 1 aromatic carbocycles. The van der Waals surface area contributed by atoms with Crippen molar-refractivity contribution in [3.63, 3.8) is 0 Å². The molecule has 0 amide bonds. The van der Waals surface area contributed by atoms with E-state index in [2.05, 4.69) is 4.98 Å². The molecule has 0 aliphatic carbocycles. The fraction of sp³-hybridized carbons (Fsp3) is 0.0833. The van der Waals surface area contributed by atoms with Gasteiger partial charge in [0.1, 0.15) is 5.75 Å². The number of hydrogen-bond acceptors (Lipinski definition) is 3. The van der Waals surface area contributed by atoms with Gasteiger partial charge in [0, 0.05) is 12.1 Å². The van der Waals surface area contributed by atoms with Crippen molar-refractivity contribution in [1.82, 2.24) is 4.98 Å². The van der Waals surface area contributed by atoms with Crippen LogP contribution in [0.5, 0.6) is 11.6 Å². The van der Waals surface area contributed by atoms with Crippen LogP contribution in [0.25, 0.3) is 0 Å². The standard InChI is InChI=1S/C12H10F2N2O/c1-7-11(15)4-5-12(16-7)17-8-2-3-9(13)10(14)6-8/h2-6H,15H2,1H3. The molecule has 2 aromatic rings. The van der Waals surface area contributed by atoms with Crippen molar-refractivity contribution < 1.29 is 13.5 Å². The van der Waals surface area contributed by atoms with E-state index in [1.165, 1.54) is 6.07 Å². The molecule has 3 nitrogen and oxygen atoms in total. The molecule has 0 atom stereocenters. The van der Waals surface area contributed by atoms with Crippen LogP contribution in [0, 0.1) is 18.6 Å². The third-order valence-corrected chi connectivity index (χ3v) is 2.21. The Labute approximate surface area is 96.9 Å². The average Bonchev–Trinajstić information content (AvgIpc) is 2.29. The second-order valence-corrected chi connectivity index (χ2v) is 3.50.